The molecule has 1 aliphatic heterocycles. The van der Waals surface area contributed by atoms with Crippen LogP contribution in [0.2, 0.25) is 0 Å². The van der Waals surface area contributed by atoms with E-state index >= 15 is 0 Å². The molecule has 0 N–H and O–H groups in total. The predicted molar refractivity (Wildman–Crippen MR) is 75.0 cm³/mol. The highest BCUT2D eigenvalue weighted by molar-refractivity contribution is 5.42. The van der Waals surface area contributed by atoms with E-state index in [1.165, 1.54) is 19.4 Å². The summed E-state index contributed by atoms with van der Waals surface area (Å²) in [5, 5.41) is 8.96. The van der Waals surface area contributed by atoms with Gasteiger partial charge in [0.2, 0.25) is 0 Å². The molecule has 1 fully saturated rings. The predicted octanol–water partition coefficient (Wildman–Crippen LogP) is 1.43. The van der Waals surface area contributed by atoms with Crippen LogP contribution in [0.5, 0.6) is 0 Å². The number of hydrogen-bond donors (Lipinski definition) is 0. The number of rotatable bonds is 3. The molecule has 0 radical (unpaired) electrons. The van der Waals surface area contributed by atoms with Gasteiger partial charge in [-0.3, -0.25) is 0 Å². The van der Waals surface area contributed by atoms with E-state index in [9.17, 15) is 0 Å². The fraction of sp³-hybridized carbons (Fsp3) is 0.643. The van der Waals surface area contributed by atoms with Crippen LogP contribution in [0.4, 0.5) is 5.82 Å². The Labute approximate surface area is 114 Å². The van der Waals surface area contributed by atoms with Crippen LogP contribution in [0.3, 0.4) is 0 Å². The topological polar surface area (TPSA) is 56.1 Å². The molecule has 2 heterocycles. The van der Waals surface area contributed by atoms with Crippen molar-refractivity contribution in [3.05, 3.63) is 17.6 Å². The number of hydrogen-bond acceptors (Lipinski definition) is 5. The molecular formula is C14H21N5. The Bertz CT molecular complexity index is 479. The molecule has 0 saturated carbocycles. The Balaban J connectivity index is 2.05. The standard InChI is InChI=1S/C14H21N5/c1-11-16-13(8-15)7-14(17-11)19(3)10-12-5-4-6-18(2)9-12/h7,12H,4-6,9-10H2,1-3H3. The molecule has 0 bridgehead atoms. The van der Waals surface area contributed by atoms with Crippen molar-refractivity contribution in [2.45, 2.75) is 19.8 Å². The lowest BCUT2D eigenvalue weighted by Crippen LogP contribution is -2.38. The largest absolute Gasteiger partial charge is 0.359 e. The van der Waals surface area contributed by atoms with Crippen molar-refractivity contribution in [2.24, 2.45) is 5.92 Å². The van der Waals surface area contributed by atoms with E-state index < -0.39 is 0 Å². The fourth-order valence-corrected chi connectivity index (χ4v) is 2.71. The zero-order chi connectivity index (χ0) is 13.8. The minimum atomic E-state index is 0.440. The van der Waals surface area contributed by atoms with Crippen molar-refractivity contribution in [3.63, 3.8) is 0 Å². The van der Waals surface area contributed by atoms with E-state index in [1.54, 1.807) is 6.07 Å². The van der Waals surface area contributed by atoms with E-state index in [1.807, 2.05) is 14.0 Å². The van der Waals surface area contributed by atoms with Crippen LogP contribution >= 0.6 is 0 Å². The normalized spacial score (nSPS) is 20.0. The van der Waals surface area contributed by atoms with Crippen molar-refractivity contribution < 1.29 is 0 Å². The van der Waals surface area contributed by atoms with Crippen molar-refractivity contribution in [3.8, 4) is 6.07 Å². The zero-order valence-corrected chi connectivity index (χ0v) is 11.9. The number of likely N-dealkylation sites (tertiary alicyclic amines) is 1. The lowest BCUT2D eigenvalue weighted by molar-refractivity contribution is 0.213. The average Bonchev–Trinajstić information content (AvgIpc) is 2.38. The van der Waals surface area contributed by atoms with Crippen LogP contribution in [-0.2, 0) is 0 Å². The molecule has 0 aromatic carbocycles. The summed E-state index contributed by atoms with van der Waals surface area (Å²) in [5.41, 5.74) is 0.440. The van der Waals surface area contributed by atoms with Gasteiger partial charge in [0.25, 0.3) is 0 Å². The molecule has 102 valence electrons. The van der Waals surface area contributed by atoms with Crippen LogP contribution < -0.4 is 4.90 Å². The highest BCUT2D eigenvalue weighted by atomic mass is 15.2. The first-order valence-electron chi connectivity index (χ1n) is 6.74. The van der Waals surface area contributed by atoms with Gasteiger partial charge in [0, 0.05) is 26.2 Å². The van der Waals surface area contributed by atoms with Crippen molar-refractivity contribution in [1.29, 1.82) is 5.26 Å². The number of aryl methyl sites for hydroxylation is 1. The van der Waals surface area contributed by atoms with E-state index in [0.29, 0.717) is 17.4 Å². The molecule has 2 rings (SSSR count). The lowest BCUT2D eigenvalue weighted by atomic mass is 9.98. The van der Waals surface area contributed by atoms with Crippen molar-refractivity contribution in [2.75, 3.05) is 38.6 Å². The lowest BCUT2D eigenvalue weighted by Gasteiger charge is -2.32. The van der Waals surface area contributed by atoms with Gasteiger partial charge in [-0.2, -0.15) is 5.26 Å². The second-order valence-electron chi connectivity index (χ2n) is 5.42. The molecule has 1 aromatic heterocycles. The van der Waals surface area contributed by atoms with Gasteiger partial charge >= 0.3 is 0 Å². The Hall–Kier alpha value is -1.67. The minimum absolute atomic E-state index is 0.440. The van der Waals surface area contributed by atoms with Gasteiger partial charge in [-0.25, -0.2) is 9.97 Å². The summed E-state index contributed by atoms with van der Waals surface area (Å²) in [7, 11) is 4.21. The third-order valence-electron chi connectivity index (χ3n) is 3.58. The second-order valence-corrected chi connectivity index (χ2v) is 5.42. The zero-order valence-electron chi connectivity index (χ0n) is 11.9. The molecule has 1 aromatic rings. The van der Waals surface area contributed by atoms with Crippen molar-refractivity contribution in [1.82, 2.24) is 14.9 Å². The third-order valence-corrected chi connectivity index (χ3v) is 3.58. The van der Waals surface area contributed by atoms with Gasteiger partial charge in [0.1, 0.15) is 23.4 Å². The molecule has 5 heteroatoms. The van der Waals surface area contributed by atoms with E-state index in [-0.39, 0.29) is 0 Å². The van der Waals surface area contributed by atoms with Crippen LogP contribution in [-0.4, -0.2) is 48.6 Å². The van der Waals surface area contributed by atoms with Gasteiger partial charge in [-0.15, -0.1) is 0 Å². The summed E-state index contributed by atoms with van der Waals surface area (Å²) in [5.74, 6) is 2.17. The molecule has 5 nitrogen and oxygen atoms in total. The van der Waals surface area contributed by atoms with Gasteiger partial charge in [-0.1, -0.05) is 0 Å². The fourth-order valence-electron chi connectivity index (χ4n) is 2.71. The quantitative estimate of drug-likeness (QED) is 0.822. The summed E-state index contributed by atoms with van der Waals surface area (Å²) in [6, 6.07) is 3.85. The Morgan fingerprint density at radius 2 is 2.32 bits per heavy atom. The number of piperidine rings is 1. The van der Waals surface area contributed by atoms with Crippen LogP contribution in [0, 0.1) is 24.2 Å². The molecule has 0 amide bonds. The number of aromatic nitrogens is 2. The first kappa shape index (κ1) is 13.8. The summed E-state index contributed by atoms with van der Waals surface area (Å²) in [4.78, 5) is 13.0. The van der Waals surface area contributed by atoms with Gasteiger partial charge in [0.15, 0.2) is 0 Å². The van der Waals surface area contributed by atoms with E-state index in [0.717, 1.165) is 18.9 Å². The number of nitrogens with zero attached hydrogens (tertiary/aromatic N) is 5. The molecule has 0 aliphatic carbocycles. The monoisotopic (exact) mass is 259 g/mol. The number of nitriles is 1. The third kappa shape index (κ3) is 3.65. The maximum atomic E-state index is 8.96. The van der Waals surface area contributed by atoms with Crippen LogP contribution in [0.25, 0.3) is 0 Å². The molecule has 1 atom stereocenters. The van der Waals surface area contributed by atoms with E-state index in [4.69, 9.17) is 5.26 Å². The number of anilines is 1. The van der Waals surface area contributed by atoms with E-state index in [2.05, 4.69) is 32.9 Å². The van der Waals surface area contributed by atoms with Crippen molar-refractivity contribution >= 4 is 5.82 Å². The van der Waals surface area contributed by atoms with Gasteiger partial charge in [-0.05, 0) is 39.3 Å². The molecule has 0 spiro atoms. The second kappa shape index (κ2) is 5.98. The first-order valence-corrected chi connectivity index (χ1v) is 6.74. The molecule has 1 aliphatic rings. The van der Waals surface area contributed by atoms with Gasteiger partial charge in [0.05, 0.1) is 0 Å². The maximum Gasteiger partial charge on any atom is 0.146 e. The Kier molecular flexibility index (Phi) is 4.33. The highest BCUT2D eigenvalue weighted by Gasteiger charge is 2.19. The molecule has 1 saturated heterocycles. The highest BCUT2D eigenvalue weighted by Crippen LogP contribution is 2.19. The maximum absolute atomic E-state index is 8.96. The SMILES string of the molecule is Cc1nc(C#N)cc(N(C)CC2CCCN(C)C2)n1. The van der Waals surface area contributed by atoms with Gasteiger partial charge < -0.3 is 9.80 Å². The van der Waals surface area contributed by atoms with Crippen LogP contribution in [0.1, 0.15) is 24.4 Å². The average molecular weight is 259 g/mol. The smallest absolute Gasteiger partial charge is 0.146 e. The summed E-state index contributed by atoms with van der Waals surface area (Å²) >= 11 is 0. The minimum Gasteiger partial charge on any atom is -0.359 e. The molecule has 19 heavy (non-hydrogen) atoms. The first-order chi connectivity index (χ1) is 9.08. The summed E-state index contributed by atoms with van der Waals surface area (Å²) in [6.07, 6.45) is 2.53. The Morgan fingerprint density at radius 3 is 3.00 bits per heavy atom. The molecule has 1 unspecified atom stereocenters. The summed E-state index contributed by atoms with van der Waals surface area (Å²) in [6.45, 7) is 5.14. The molecular weight excluding hydrogens is 238 g/mol. The van der Waals surface area contributed by atoms with Crippen LogP contribution in [0.15, 0.2) is 6.07 Å². The Morgan fingerprint density at radius 1 is 1.53 bits per heavy atom. The summed E-state index contributed by atoms with van der Waals surface area (Å²) < 4.78 is 0.